The van der Waals surface area contributed by atoms with E-state index < -0.39 is 0 Å². The van der Waals surface area contributed by atoms with Gasteiger partial charge in [0.25, 0.3) is 5.56 Å². The highest BCUT2D eigenvalue weighted by Crippen LogP contribution is 2.14. The van der Waals surface area contributed by atoms with E-state index in [1.807, 2.05) is 5.38 Å². The molecule has 0 aromatic carbocycles. The molecule has 0 aliphatic rings. The van der Waals surface area contributed by atoms with Crippen molar-refractivity contribution < 1.29 is 0 Å². The van der Waals surface area contributed by atoms with E-state index in [2.05, 4.69) is 11.9 Å². The molecule has 0 saturated carbocycles. The van der Waals surface area contributed by atoms with Crippen molar-refractivity contribution in [2.45, 2.75) is 26.2 Å². The molecule has 0 fully saturated rings. The fourth-order valence-electron chi connectivity index (χ4n) is 1.68. The molecule has 0 bridgehead atoms. The summed E-state index contributed by atoms with van der Waals surface area (Å²) in [7, 11) is 0. The van der Waals surface area contributed by atoms with Gasteiger partial charge in [-0.15, -0.1) is 22.9 Å². The molecule has 0 aliphatic heterocycles. The van der Waals surface area contributed by atoms with Gasteiger partial charge in [-0.25, -0.2) is 4.98 Å². The van der Waals surface area contributed by atoms with Crippen LogP contribution >= 0.6 is 22.9 Å². The Morgan fingerprint density at radius 3 is 3.00 bits per heavy atom. The quantitative estimate of drug-likeness (QED) is 0.788. The average Bonchev–Trinajstić information content (AvgIpc) is 2.63. The number of nitrogens with zero attached hydrogens (tertiary/aromatic N) is 2. The van der Waals surface area contributed by atoms with Crippen molar-refractivity contribution in [2.75, 3.05) is 5.88 Å². The summed E-state index contributed by atoms with van der Waals surface area (Å²) in [5, 5.41) is 1.96. The fourth-order valence-corrected chi connectivity index (χ4v) is 2.82. The largest absolute Gasteiger partial charge is 0.269 e. The SMILES string of the molecule is CCCc1cc(=O)n2c(CCCl)csc2n1. The van der Waals surface area contributed by atoms with Crippen LogP contribution in [-0.4, -0.2) is 15.3 Å². The van der Waals surface area contributed by atoms with E-state index >= 15 is 0 Å². The van der Waals surface area contributed by atoms with Crippen molar-refractivity contribution in [1.29, 1.82) is 0 Å². The second kappa shape index (κ2) is 4.97. The van der Waals surface area contributed by atoms with Gasteiger partial charge < -0.3 is 0 Å². The molecule has 86 valence electrons. The normalized spacial score (nSPS) is 11.1. The monoisotopic (exact) mass is 256 g/mol. The minimum atomic E-state index is 0.00909. The van der Waals surface area contributed by atoms with E-state index in [4.69, 9.17) is 11.6 Å². The molecule has 0 amide bonds. The molecule has 0 atom stereocenters. The second-order valence-corrected chi connectivity index (χ2v) is 4.83. The Labute approximate surface area is 103 Å². The Balaban J connectivity index is 2.55. The molecule has 0 aliphatic carbocycles. The lowest BCUT2D eigenvalue weighted by molar-refractivity contribution is 0.861. The molecule has 0 unspecified atom stereocenters. The first kappa shape index (κ1) is 11.6. The molecule has 2 rings (SSSR count). The number of hydrogen-bond acceptors (Lipinski definition) is 3. The van der Waals surface area contributed by atoms with Crippen LogP contribution in [0.1, 0.15) is 24.7 Å². The maximum atomic E-state index is 11.9. The zero-order chi connectivity index (χ0) is 11.5. The number of rotatable bonds is 4. The van der Waals surface area contributed by atoms with Gasteiger partial charge in [0.2, 0.25) is 0 Å². The van der Waals surface area contributed by atoms with Gasteiger partial charge in [0.1, 0.15) is 0 Å². The van der Waals surface area contributed by atoms with Crippen LogP contribution in [0.3, 0.4) is 0 Å². The molecular weight excluding hydrogens is 244 g/mol. The predicted molar refractivity (Wildman–Crippen MR) is 67.8 cm³/mol. The maximum absolute atomic E-state index is 11.9. The maximum Gasteiger partial charge on any atom is 0.258 e. The second-order valence-electron chi connectivity index (χ2n) is 3.62. The van der Waals surface area contributed by atoms with Gasteiger partial charge in [-0.1, -0.05) is 13.3 Å². The van der Waals surface area contributed by atoms with Crippen molar-refractivity contribution in [1.82, 2.24) is 9.38 Å². The lowest BCUT2D eigenvalue weighted by atomic mass is 10.2. The number of aryl methyl sites for hydroxylation is 2. The van der Waals surface area contributed by atoms with Gasteiger partial charge in [-0.2, -0.15) is 0 Å². The van der Waals surface area contributed by atoms with E-state index in [1.165, 1.54) is 11.3 Å². The standard InChI is InChI=1S/C11H13ClN2OS/c1-2-3-8-6-10(15)14-9(4-5-12)7-16-11(14)13-8/h6-7H,2-5H2,1H3. The van der Waals surface area contributed by atoms with Crippen LogP contribution in [0.4, 0.5) is 0 Å². The number of hydrogen-bond donors (Lipinski definition) is 0. The molecule has 2 aromatic rings. The van der Waals surface area contributed by atoms with E-state index in [1.54, 1.807) is 10.5 Å². The van der Waals surface area contributed by atoms with Crippen molar-refractivity contribution in [3.63, 3.8) is 0 Å². The van der Waals surface area contributed by atoms with E-state index in [0.717, 1.165) is 29.2 Å². The number of fused-ring (bicyclic) bond motifs is 1. The summed E-state index contributed by atoms with van der Waals surface area (Å²) in [6, 6.07) is 1.63. The number of alkyl halides is 1. The molecule has 5 heteroatoms. The third-order valence-electron chi connectivity index (χ3n) is 2.39. The molecule has 2 aromatic heterocycles. The highest BCUT2D eigenvalue weighted by atomic mass is 35.5. The van der Waals surface area contributed by atoms with Crippen LogP contribution in [0.25, 0.3) is 4.96 Å². The van der Waals surface area contributed by atoms with Crippen LogP contribution in [-0.2, 0) is 12.8 Å². The van der Waals surface area contributed by atoms with E-state index in [-0.39, 0.29) is 5.56 Å². The third kappa shape index (κ3) is 2.13. The van der Waals surface area contributed by atoms with Crippen LogP contribution in [0.15, 0.2) is 16.2 Å². The summed E-state index contributed by atoms with van der Waals surface area (Å²) in [4.78, 5) is 17.2. The van der Waals surface area contributed by atoms with Gasteiger partial charge in [0.15, 0.2) is 4.96 Å². The van der Waals surface area contributed by atoms with Crippen LogP contribution in [0.2, 0.25) is 0 Å². The Bertz CT molecular complexity index is 546. The summed E-state index contributed by atoms with van der Waals surface area (Å²) in [5.41, 5.74) is 1.84. The molecule has 16 heavy (non-hydrogen) atoms. The third-order valence-corrected chi connectivity index (χ3v) is 3.45. The van der Waals surface area contributed by atoms with Gasteiger partial charge in [-0.3, -0.25) is 9.20 Å². The van der Waals surface area contributed by atoms with Crippen molar-refractivity contribution in [3.8, 4) is 0 Å². The summed E-state index contributed by atoms with van der Waals surface area (Å²) in [5.74, 6) is 0.523. The summed E-state index contributed by atoms with van der Waals surface area (Å²) in [6.45, 7) is 2.08. The summed E-state index contributed by atoms with van der Waals surface area (Å²) in [6.07, 6.45) is 2.56. The first-order chi connectivity index (χ1) is 7.76. The fraction of sp³-hybridized carbons (Fsp3) is 0.455. The molecule has 0 saturated heterocycles. The first-order valence-electron chi connectivity index (χ1n) is 5.31. The van der Waals surface area contributed by atoms with E-state index in [9.17, 15) is 4.79 Å². The highest BCUT2D eigenvalue weighted by molar-refractivity contribution is 7.15. The van der Waals surface area contributed by atoms with Gasteiger partial charge in [0.05, 0.1) is 0 Å². The summed E-state index contributed by atoms with van der Waals surface area (Å²) >= 11 is 7.20. The molecule has 0 N–H and O–H groups in total. The molecule has 2 heterocycles. The van der Waals surface area contributed by atoms with Crippen LogP contribution < -0.4 is 5.56 Å². The Kier molecular flexibility index (Phi) is 3.61. The molecule has 3 nitrogen and oxygen atoms in total. The van der Waals surface area contributed by atoms with Crippen molar-refractivity contribution >= 4 is 27.9 Å². The Hall–Kier alpha value is -0.870. The molecule has 0 radical (unpaired) electrons. The zero-order valence-corrected chi connectivity index (χ0v) is 10.6. The number of halogens is 1. The topological polar surface area (TPSA) is 34.4 Å². The Morgan fingerprint density at radius 1 is 1.50 bits per heavy atom. The zero-order valence-electron chi connectivity index (χ0n) is 9.07. The lowest BCUT2D eigenvalue weighted by Crippen LogP contribution is -2.16. The lowest BCUT2D eigenvalue weighted by Gasteiger charge is -2.00. The minimum Gasteiger partial charge on any atom is -0.269 e. The van der Waals surface area contributed by atoms with Crippen LogP contribution in [0, 0.1) is 0 Å². The van der Waals surface area contributed by atoms with Crippen molar-refractivity contribution in [2.24, 2.45) is 0 Å². The highest BCUT2D eigenvalue weighted by Gasteiger charge is 2.08. The smallest absolute Gasteiger partial charge is 0.258 e. The van der Waals surface area contributed by atoms with E-state index in [0.29, 0.717) is 12.3 Å². The summed E-state index contributed by atoms with van der Waals surface area (Å²) < 4.78 is 1.66. The van der Waals surface area contributed by atoms with Gasteiger partial charge >= 0.3 is 0 Å². The number of aromatic nitrogens is 2. The first-order valence-corrected chi connectivity index (χ1v) is 6.72. The molecular formula is C11H13ClN2OS. The Morgan fingerprint density at radius 2 is 2.31 bits per heavy atom. The van der Waals surface area contributed by atoms with Gasteiger partial charge in [-0.05, 0) is 6.42 Å². The van der Waals surface area contributed by atoms with Gasteiger partial charge in [0, 0.05) is 35.1 Å². The minimum absolute atomic E-state index is 0.00909. The van der Waals surface area contributed by atoms with Crippen LogP contribution in [0.5, 0.6) is 0 Å². The predicted octanol–water partition coefficient (Wildman–Crippen LogP) is 2.49. The van der Waals surface area contributed by atoms with Crippen molar-refractivity contribution in [3.05, 3.63) is 33.2 Å². The number of thiazole rings is 1. The average molecular weight is 257 g/mol. The molecule has 0 spiro atoms.